The number of hydrogen-bond acceptors (Lipinski definition) is 4. The quantitative estimate of drug-likeness (QED) is 0.766. The second kappa shape index (κ2) is 5.25. The van der Waals surface area contributed by atoms with E-state index in [2.05, 4.69) is 15.3 Å². The summed E-state index contributed by atoms with van der Waals surface area (Å²) in [6, 6.07) is 1.78. The molecule has 1 heterocycles. The van der Waals surface area contributed by atoms with E-state index in [1.165, 1.54) is 12.8 Å². The van der Waals surface area contributed by atoms with Crippen molar-refractivity contribution in [2.24, 2.45) is 0 Å². The van der Waals surface area contributed by atoms with Crippen LogP contribution in [-0.4, -0.2) is 27.2 Å². The number of rotatable bonds is 3. The summed E-state index contributed by atoms with van der Waals surface area (Å²) >= 11 is 0. The van der Waals surface area contributed by atoms with Crippen molar-refractivity contribution in [2.45, 2.75) is 44.1 Å². The Morgan fingerprint density at radius 3 is 2.38 bits per heavy atom. The lowest BCUT2D eigenvalue weighted by atomic mass is 9.95. The van der Waals surface area contributed by atoms with Gasteiger partial charge in [0.1, 0.15) is 0 Å². The average molecular weight is 221 g/mol. The van der Waals surface area contributed by atoms with Gasteiger partial charge in [-0.05, 0) is 18.9 Å². The van der Waals surface area contributed by atoms with Gasteiger partial charge in [-0.1, -0.05) is 25.7 Å². The molecule has 1 saturated carbocycles. The van der Waals surface area contributed by atoms with Crippen molar-refractivity contribution in [3.05, 3.63) is 18.5 Å². The van der Waals surface area contributed by atoms with Crippen molar-refractivity contribution in [1.29, 1.82) is 0 Å². The van der Waals surface area contributed by atoms with Crippen LogP contribution >= 0.6 is 0 Å². The van der Waals surface area contributed by atoms with E-state index >= 15 is 0 Å². The first kappa shape index (κ1) is 11.3. The third kappa shape index (κ3) is 3.17. The highest BCUT2D eigenvalue weighted by molar-refractivity contribution is 5.23. The van der Waals surface area contributed by atoms with Crippen molar-refractivity contribution >= 4 is 5.95 Å². The van der Waals surface area contributed by atoms with Crippen LogP contribution in [0, 0.1) is 0 Å². The average Bonchev–Trinajstić information content (AvgIpc) is 2.54. The molecule has 2 N–H and O–H groups in total. The maximum Gasteiger partial charge on any atom is 0.222 e. The Bertz CT molecular complexity index is 307. The maximum absolute atomic E-state index is 10.4. The molecule has 0 unspecified atom stereocenters. The van der Waals surface area contributed by atoms with Crippen LogP contribution in [0.1, 0.15) is 38.5 Å². The van der Waals surface area contributed by atoms with E-state index in [1.807, 2.05) is 0 Å². The van der Waals surface area contributed by atoms with E-state index < -0.39 is 5.60 Å². The molecule has 4 nitrogen and oxygen atoms in total. The number of hydrogen-bond donors (Lipinski definition) is 2. The Balaban J connectivity index is 1.88. The lowest BCUT2D eigenvalue weighted by molar-refractivity contribution is 0.0379. The summed E-state index contributed by atoms with van der Waals surface area (Å²) < 4.78 is 0. The third-order valence-electron chi connectivity index (χ3n) is 3.18. The van der Waals surface area contributed by atoms with Crippen LogP contribution in [0.4, 0.5) is 5.95 Å². The first-order chi connectivity index (χ1) is 7.79. The van der Waals surface area contributed by atoms with Gasteiger partial charge in [-0.3, -0.25) is 0 Å². The fourth-order valence-electron chi connectivity index (χ4n) is 2.20. The number of anilines is 1. The molecule has 88 valence electrons. The zero-order valence-corrected chi connectivity index (χ0v) is 9.52. The predicted octanol–water partition coefficient (Wildman–Crippen LogP) is 1.97. The number of aromatic nitrogens is 2. The van der Waals surface area contributed by atoms with Crippen molar-refractivity contribution in [2.75, 3.05) is 11.9 Å². The Hall–Kier alpha value is -1.16. The molecule has 2 rings (SSSR count). The van der Waals surface area contributed by atoms with Gasteiger partial charge in [-0.15, -0.1) is 0 Å². The van der Waals surface area contributed by atoms with Gasteiger partial charge in [0.25, 0.3) is 0 Å². The summed E-state index contributed by atoms with van der Waals surface area (Å²) in [4.78, 5) is 8.17. The Labute approximate surface area is 96.1 Å². The maximum atomic E-state index is 10.4. The highest BCUT2D eigenvalue weighted by atomic mass is 16.3. The van der Waals surface area contributed by atoms with Gasteiger partial charge < -0.3 is 10.4 Å². The van der Waals surface area contributed by atoms with Crippen LogP contribution in [0.15, 0.2) is 18.5 Å². The summed E-state index contributed by atoms with van der Waals surface area (Å²) in [6.45, 7) is 0.553. The first-order valence-electron chi connectivity index (χ1n) is 6.02. The summed E-state index contributed by atoms with van der Waals surface area (Å²) in [5.74, 6) is 0.597. The molecule has 0 amide bonds. The standard InChI is InChI=1S/C12H19N3O/c16-12(6-3-1-2-4-7-12)10-15-11-13-8-5-9-14-11/h5,8-9,16H,1-4,6-7,10H2,(H,13,14,15). The normalized spacial score (nSPS) is 20.1. The molecule has 0 bridgehead atoms. The fourth-order valence-corrected chi connectivity index (χ4v) is 2.20. The predicted molar refractivity (Wildman–Crippen MR) is 63.2 cm³/mol. The molecule has 4 heteroatoms. The highest BCUT2D eigenvalue weighted by Gasteiger charge is 2.27. The Kier molecular flexibility index (Phi) is 3.72. The molecule has 1 aliphatic rings. The molecule has 0 atom stereocenters. The molecule has 1 aromatic rings. The van der Waals surface area contributed by atoms with Crippen molar-refractivity contribution in [1.82, 2.24) is 9.97 Å². The van der Waals surface area contributed by atoms with Crippen molar-refractivity contribution < 1.29 is 5.11 Å². The van der Waals surface area contributed by atoms with Gasteiger partial charge in [0, 0.05) is 18.9 Å². The summed E-state index contributed by atoms with van der Waals surface area (Å²) in [5, 5.41) is 13.5. The van der Waals surface area contributed by atoms with Gasteiger partial charge in [-0.2, -0.15) is 0 Å². The number of aliphatic hydroxyl groups is 1. The first-order valence-corrected chi connectivity index (χ1v) is 6.02. The van der Waals surface area contributed by atoms with E-state index in [4.69, 9.17) is 0 Å². The molecule has 0 radical (unpaired) electrons. The molecule has 0 aromatic carbocycles. The molecular weight excluding hydrogens is 202 g/mol. The van der Waals surface area contributed by atoms with Crippen LogP contribution in [-0.2, 0) is 0 Å². The monoisotopic (exact) mass is 221 g/mol. The summed E-state index contributed by atoms with van der Waals surface area (Å²) in [5.41, 5.74) is -0.574. The van der Waals surface area contributed by atoms with E-state index in [9.17, 15) is 5.11 Å². The van der Waals surface area contributed by atoms with Crippen LogP contribution in [0.25, 0.3) is 0 Å². The Morgan fingerprint density at radius 2 is 1.75 bits per heavy atom. The van der Waals surface area contributed by atoms with E-state index in [0.29, 0.717) is 12.5 Å². The van der Waals surface area contributed by atoms with Crippen LogP contribution < -0.4 is 5.32 Å². The van der Waals surface area contributed by atoms with Gasteiger partial charge in [0.05, 0.1) is 5.60 Å². The van der Waals surface area contributed by atoms with Gasteiger partial charge >= 0.3 is 0 Å². The summed E-state index contributed by atoms with van der Waals surface area (Å²) in [6.07, 6.45) is 9.88. The molecule has 1 fully saturated rings. The van der Waals surface area contributed by atoms with Crippen LogP contribution in [0.2, 0.25) is 0 Å². The molecule has 16 heavy (non-hydrogen) atoms. The van der Waals surface area contributed by atoms with Gasteiger partial charge in [0.2, 0.25) is 5.95 Å². The van der Waals surface area contributed by atoms with Gasteiger partial charge in [-0.25, -0.2) is 9.97 Å². The lowest BCUT2D eigenvalue weighted by Crippen LogP contribution is -2.36. The highest BCUT2D eigenvalue weighted by Crippen LogP contribution is 2.26. The Morgan fingerprint density at radius 1 is 1.12 bits per heavy atom. The molecule has 0 aliphatic heterocycles. The molecule has 0 saturated heterocycles. The number of nitrogens with zero attached hydrogens (tertiary/aromatic N) is 2. The SMILES string of the molecule is OC1(CNc2ncccn2)CCCCCC1. The van der Waals surface area contributed by atoms with Crippen LogP contribution in [0.5, 0.6) is 0 Å². The second-order valence-electron chi connectivity index (χ2n) is 4.56. The largest absolute Gasteiger partial charge is 0.388 e. The fraction of sp³-hybridized carbons (Fsp3) is 0.667. The molecule has 1 aromatic heterocycles. The second-order valence-corrected chi connectivity index (χ2v) is 4.56. The van der Waals surface area contributed by atoms with Crippen molar-refractivity contribution in [3.8, 4) is 0 Å². The van der Waals surface area contributed by atoms with Crippen molar-refractivity contribution in [3.63, 3.8) is 0 Å². The van der Waals surface area contributed by atoms with Crippen LogP contribution in [0.3, 0.4) is 0 Å². The smallest absolute Gasteiger partial charge is 0.222 e. The minimum absolute atomic E-state index is 0.553. The van der Waals surface area contributed by atoms with Gasteiger partial charge in [0.15, 0.2) is 0 Å². The lowest BCUT2D eigenvalue weighted by Gasteiger charge is -2.26. The topological polar surface area (TPSA) is 58.0 Å². The number of nitrogens with one attached hydrogen (secondary N) is 1. The zero-order chi connectivity index (χ0) is 11.3. The van der Waals surface area contributed by atoms with E-state index in [1.54, 1.807) is 18.5 Å². The third-order valence-corrected chi connectivity index (χ3v) is 3.18. The zero-order valence-electron chi connectivity index (χ0n) is 9.52. The minimum Gasteiger partial charge on any atom is -0.388 e. The van der Waals surface area contributed by atoms with E-state index in [-0.39, 0.29) is 0 Å². The molecular formula is C12H19N3O. The summed E-state index contributed by atoms with van der Waals surface area (Å²) in [7, 11) is 0. The van der Waals surface area contributed by atoms with E-state index in [0.717, 1.165) is 25.7 Å². The molecule has 0 spiro atoms. The molecule has 1 aliphatic carbocycles. The minimum atomic E-state index is -0.574.